The fraction of sp³-hybridized carbons (Fsp3) is 0.333. The molecule has 0 radical (unpaired) electrons. The number of aliphatic carboxylic acids is 1. The number of hydrogen-bond donors (Lipinski definition) is 3. The molecule has 0 spiro atoms. The molecule has 0 aliphatic rings. The van der Waals surface area contributed by atoms with Crippen LogP contribution < -0.4 is 40.6 Å². The number of carboxylic acids is 1. The van der Waals surface area contributed by atoms with Gasteiger partial charge >= 0.3 is 41.6 Å². The van der Waals surface area contributed by atoms with Crippen LogP contribution in [0.15, 0.2) is 0 Å². The second-order valence-corrected chi connectivity index (χ2v) is 1.11. The van der Waals surface area contributed by atoms with Gasteiger partial charge in [-0.05, 0) is 0 Å². The summed E-state index contributed by atoms with van der Waals surface area (Å²) in [4.78, 5) is 19.4. The summed E-state index contributed by atoms with van der Waals surface area (Å²) in [5.74, 6) is -1.11. The molecule has 5 nitrogen and oxygen atoms in total. The van der Waals surface area contributed by atoms with Gasteiger partial charge in [-0.15, -0.1) is 0 Å². The minimum Gasteiger partial charge on any atom is -1.00 e. The molecule has 2 amide bonds. The number of nitrogens with two attached hydrogens (primary N) is 1. The Morgan fingerprint density at radius 3 is 2.22 bits per heavy atom. The molecule has 0 aliphatic heterocycles. The van der Waals surface area contributed by atoms with Gasteiger partial charge in [0.1, 0.15) is 6.54 Å². The fourth-order valence-corrected chi connectivity index (χ4v) is 0.163. The molecule has 9 heavy (non-hydrogen) atoms. The molecule has 0 saturated heterocycles. The Balaban J connectivity index is -0.000000245. The molecule has 0 aromatic rings. The molecule has 0 heterocycles. The third kappa shape index (κ3) is 11.4. The van der Waals surface area contributed by atoms with E-state index in [-0.39, 0.29) is 31.0 Å². The van der Waals surface area contributed by atoms with Gasteiger partial charge in [-0.25, -0.2) is 4.79 Å². The number of carbonyl (C=O) groups excluding carboxylic acids is 1. The number of carbonyl (C=O) groups is 2. The van der Waals surface area contributed by atoms with Crippen molar-refractivity contribution < 1.29 is 45.7 Å². The van der Waals surface area contributed by atoms with E-state index in [0.717, 1.165) is 0 Å². The van der Waals surface area contributed by atoms with Crippen molar-refractivity contribution in [3.63, 3.8) is 0 Å². The smallest absolute Gasteiger partial charge is 1.00 e. The molecule has 0 rings (SSSR count). The van der Waals surface area contributed by atoms with Crippen molar-refractivity contribution in [2.24, 2.45) is 5.73 Å². The van der Waals surface area contributed by atoms with Crippen LogP contribution in [0.4, 0.5) is 4.79 Å². The van der Waals surface area contributed by atoms with E-state index < -0.39 is 18.5 Å². The molecule has 0 aromatic heterocycles. The summed E-state index contributed by atoms with van der Waals surface area (Å²) in [6.07, 6.45) is 0. The molecule has 0 atom stereocenters. The van der Waals surface area contributed by atoms with Crippen LogP contribution in [0.2, 0.25) is 0 Å². The summed E-state index contributed by atoms with van der Waals surface area (Å²) in [7, 11) is 0. The number of hydrogen-bond acceptors (Lipinski definition) is 2. The monoisotopic (exact) mass is 142 g/mol. The van der Waals surface area contributed by atoms with Gasteiger partial charge in [-0.3, -0.25) is 4.79 Å². The van der Waals surface area contributed by atoms with E-state index in [4.69, 9.17) is 5.11 Å². The molecule has 6 heteroatoms. The zero-order chi connectivity index (χ0) is 6.57. The Morgan fingerprint density at radius 2 is 2.11 bits per heavy atom. The molecule has 0 aliphatic carbocycles. The minimum absolute atomic E-state index is 0. The van der Waals surface area contributed by atoms with Crippen LogP contribution in [0.3, 0.4) is 0 Å². The van der Waals surface area contributed by atoms with Gasteiger partial charge < -0.3 is 17.6 Å². The Morgan fingerprint density at radius 1 is 1.67 bits per heavy atom. The minimum atomic E-state index is -1.11. The van der Waals surface area contributed by atoms with Crippen molar-refractivity contribution in [3.8, 4) is 0 Å². The number of nitrogens with one attached hydrogen (secondary N) is 1. The second-order valence-electron chi connectivity index (χ2n) is 1.11. The number of rotatable bonds is 2. The van der Waals surface area contributed by atoms with Crippen LogP contribution in [0.1, 0.15) is 1.43 Å². The summed E-state index contributed by atoms with van der Waals surface area (Å²) in [6.45, 7) is -0.421. The van der Waals surface area contributed by atoms with Crippen LogP contribution >= 0.6 is 0 Å². The van der Waals surface area contributed by atoms with Gasteiger partial charge in [0.15, 0.2) is 0 Å². The van der Waals surface area contributed by atoms with Gasteiger partial charge in [-0.1, -0.05) is 0 Å². The molecule has 48 valence electrons. The molecule has 0 saturated carbocycles. The topological polar surface area (TPSA) is 92.4 Å². The second kappa shape index (κ2) is 5.87. The van der Waals surface area contributed by atoms with E-state index in [1.165, 1.54) is 0 Å². The standard InChI is InChI=1S/C3H6N2O3.Na.H/c4-3(8)5-1-2(6)7;;/h1H2,(H,6,7)(H3,4,5,8);;/q;+1;-1. The fourth-order valence-electron chi connectivity index (χ4n) is 0.163. The third-order valence-electron chi connectivity index (χ3n) is 0.414. The number of amides is 2. The Labute approximate surface area is 75.4 Å². The van der Waals surface area contributed by atoms with Gasteiger partial charge in [0, 0.05) is 0 Å². The van der Waals surface area contributed by atoms with E-state index in [9.17, 15) is 9.59 Å². The van der Waals surface area contributed by atoms with Crippen molar-refractivity contribution in [2.45, 2.75) is 0 Å². The SMILES string of the molecule is NC(=O)NCC(=O)O.[H-].[Na+]. The molecule has 0 unspecified atom stereocenters. The first-order valence-electron chi connectivity index (χ1n) is 1.88. The van der Waals surface area contributed by atoms with Gasteiger partial charge in [0.25, 0.3) is 0 Å². The number of primary amides is 1. The van der Waals surface area contributed by atoms with Crippen molar-refractivity contribution in [2.75, 3.05) is 6.54 Å². The maximum atomic E-state index is 9.75. The summed E-state index contributed by atoms with van der Waals surface area (Å²) in [6, 6.07) is -0.826. The normalized spacial score (nSPS) is 7.11. The van der Waals surface area contributed by atoms with E-state index in [1.807, 2.05) is 5.32 Å². The molecule has 0 fully saturated rings. The van der Waals surface area contributed by atoms with Gasteiger partial charge in [-0.2, -0.15) is 0 Å². The summed E-state index contributed by atoms with van der Waals surface area (Å²) in [5, 5.41) is 9.78. The molecular formula is C3H7N2NaO3. The maximum absolute atomic E-state index is 9.75. The average molecular weight is 142 g/mol. The largest absolute Gasteiger partial charge is 1.00 e. The van der Waals surface area contributed by atoms with E-state index in [1.54, 1.807) is 0 Å². The Hall–Kier alpha value is -0.260. The first-order chi connectivity index (χ1) is 3.63. The Bertz CT molecular complexity index is 106. The van der Waals surface area contributed by atoms with Crippen LogP contribution in [-0.4, -0.2) is 23.7 Å². The van der Waals surface area contributed by atoms with E-state index in [2.05, 4.69) is 5.73 Å². The molecule has 0 aromatic carbocycles. The first-order valence-corrected chi connectivity index (χ1v) is 1.88. The van der Waals surface area contributed by atoms with Gasteiger partial charge in [0.2, 0.25) is 0 Å². The average Bonchev–Trinajstić information content (AvgIpc) is 1.61. The zero-order valence-electron chi connectivity index (χ0n) is 6.05. The zero-order valence-corrected chi connectivity index (χ0v) is 7.05. The summed E-state index contributed by atoms with van der Waals surface area (Å²) in [5.41, 5.74) is 4.53. The van der Waals surface area contributed by atoms with E-state index >= 15 is 0 Å². The summed E-state index contributed by atoms with van der Waals surface area (Å²) < 4.78 is 0. The maximum Gasteiger partial charge on any atom is 1.00 e. The summed E-state index contributed by atoms with van der Waals surface area (Å²) >= 11 is 0. The van der Waals surface area contributed by atoms with Crippen molar-refractivity contribution in [1.29, 1.82) is 0 Å². The van der Waals surface area contributed by atoms with Crippen LogP contribution in [-0.2, 0) is 4.79 Å². The van der Waals surface area contributed by atoms with E-state index in [0.29, 0.717) is 0 Å². The number of urea groups is 1. The van der Waals surface area contributed by atoms with Crippen molar-refractivity contribution in [3.05, 3.63) is 0 Å². The van der Waals surface area contributed by atoms with Crippen LogP contribution in [0.25, 0.3) is 0 Å². The predicted molar refractivity (Wildman–Crippen MR) is 26.3 cm³/mol. The molecule has 0 bridgehead atoms. The van der Waals surface area contributed by atoms with Crippen LogP contribution in [0, 0.1) is 0 Å². The van der Waals surface area contributed by atoms with Gasteiger partial charge in [0.05, 0.1) is 0 Å². The molecule has 4 N–H and O–H groups in total. The van der Waals surface area contributed by atoms with Crippen LogP contribution in [0.5, 0.6) is 0 Å². The number of carboxylic acid groups (broad SMARTS) is 1. The quantitative estimate of drug-likeness (QED) is 0.342. The Kier molecular flexibility index (Phi) is 7.52. The predicted octanol–water partition coefficient (Wildman–Crippen LogP) is -4.14. The van der Waals surface area contributed by atoms with Crippen molar-refractivity contribution >= 4 is 12.0 Å². The molecular weight excluding hydrogens is 135 g/mol. The third-order valence-corrected chi connectivity index (χ3v) is 0.414. The van der Waals surface area contributed by atoms with Crippen molar-refractivity contribution in [1.82, 2.24) is 5.32 Å². The first kappa shape index (κ1) is 11.5.